The monoisotopic (exact) mass is 288 g/mol. The van der Waals surface area contributed by atoms with Crippen LogP contribution in [0.4, 0.5) is 0 Å². The summed E-state index contributed by atoms with van der Waals surface area (Å²) in [6.45, 7) is 1.16. The molecule has 1 rings (SSSR count). The number of rotatable bonds is 7. The normalized spacial score (nSPS) is 9.42. The van der Waals surface area contributed by atoms with Gasteiger partial charge in [0.1, 0.15) is 11.5 Å². The first-order valence-electron chi connectivity index (χ1n) is 5.89. The number of methoxy groups -OCH3 is 2. The Bertz CT molecular complexity index is 377. The number of nitrogens with two attached hydrogens (primary N) is 1. The lowest BCUT2D eigenvalue weighted by atomic mass is 10.1. The van der Waals surface area contributed by atoms with E-state index in [1.54, 1.807) is 14.2 Å². The average Bonchev–Trinajstić information content (AvgIpc) is 2.39. The molecule has 6 heteroatoms. The Balaban J connectivity index is 0.00000324. The molecule has 0 fully saturated rings. The number of carbonyl (C=O) groups is 1. The van der Waals surface area contributed by atoms with Gasteiger partial charge in [0, 0.05) is 12.1 Å². The van der Waals surface area contributed by atoms with Gasteiger partial charge in [-0.3, -0.25) is 4.79 Å². The summed E-state index contributed by atoms with van der Waals surface area (Å²) in [5.41, 5.74) is 6.12. The standard InChI is InChI=1S/C13H20N2O3.ClH/c1-17-11-5-3-6-12(18-2)10(11)9-13(16)15-8-4-7-14;/h3,5-6H,4,7-9,14H2,1-2H3,(H,15,16);1H. The number of benzene rings is 1. The van der Waals surface area contributed by atoms with Gasteiger partial charge < -0.3 is 20.5 Å². The van der Waals surface area contributed by atoms with E-state index in [9.17, 15) is 4.79 Å². The van der Waals surface area contributed by atoms with Crippen molar-refractivity contribution in [1.82, 2.24) is 5.32 Å². The van der Waals surface area contributed by atoms with Gasteiger partial charge in [0.05, 0.1) is 20.6 Å². The van der Waals surface area contributed by atoms with Gasteiger partial charge in [0.2, 0.25) is 5.91 Å². The van der Waals surface area contributed by atoms with E-state index in [0.717, 1.165) is 12.0 Å². The lowest BCUT2D eigenvalue weighted by Crippen LogP contribution is -2.27. The van der Waals surface area contributed by atoms with Crippen molar-refractivity contribution >= 4 is 18.3 Å². The second-order valence-corrected chi connectivity index (χ2v) is 3.81. The molecule has 0 aliphatic rings. The fourth-order valence-corrected chi connectivity index (χ4v) is 1.66. The average molecular weight is 289 g/mol. The maximum Gasteiger partial charge on any atom is 0.224 e. The van der Waals surface area contributed by atoms with Gasteiger partial charge >= 0.3 is 0 Å². The van der Waals surface area contributed by atoms with E-state index in [-0.39, 0.29) is 24.7 Å². The first kappa shape index (κ1) is 17.5. The molecule has 0 aliphatic heterocycles. The highest BCUT2D eigenvalue weighted by atomic mass is 35.5. The summed E-state index contributed by atoms with van der Waals surface area (Å²) in [5, 5.41) is 2.80. The molecule has 1 aromatic rings. The predicted molar refractivity (Wildman–Crippen MR) is 77.2 cm³/mol. The number of halogens is 1. The van der Waals surface area contributed by atoms with Gasteiger partial charge in [-0.15, -0.1) is 12.4 Å². The maximum absolute atomic E-state index is 11.8. The van der Waals surface area contributed by atoms with Crippen LogP contribution in [-0.2, 0) is 11.2 Å². The van der Waals surface area contributed by atoms with Crippen LogP contribution in [0.1, 0.15) is 12.0 Å². The van der Waals surface area contributed by atoms with Crippen LogP contribution >= 0.6 is 12.4 Å². The van der Waals surface area contributed by atoms with Gasteiger partial charge in [0.15, 0.2) is 0 Å². The first-order valence-corrected chi connectivity index (χ1v) is 5.89. The number of hydrogen-bond donors (Lipinski definition) is 2. The topological polar surface area (TPSA) is 73.6 Å². The second kappa shape index (κ2) is 9.47. The summed E-state index contributed by atoms with van der Waals surface area (Å²) in [5.74, 6) is 1.25. The lowest BCUT2D eigenvalue weighted by Gasteiger charge is -2.12. The van der Waals surface area contributed by atoms with Crippen molar-refractivity contribution in [1.29, 1.82) is 0 Å². The third kappa shape index (κ3) is 5.36. The molecule has 0 heterocycles. The van der Waals surface area contributed by atoms with E-state index in [2.05, 4.69) is 5.32 Å². The van der Waals surface area contributed by atoms with Gasteiger partial charge in [0.25, 0.3) is 0 Å². The van der Waals surface area contributed by atoms with Gasteiger partial charge in [-0.25, -0.2) is 0 Å². The van der Waals surface area contributed by atoms with Crippen LogP contribution in [0.15, 0.2) is 18.2 Å². The lowest BCUT2D eigenvalue weighted by molar-refractivity contribution is -0.120. The summed E-state index contributed by atoms with van der Waals surface area (Å²) in [7, 11) is 3.15. The fourth-order valence-electron chi connectivity index (χ4n) is 1.66. The Morgan fingerprint density at radius 2 is 1.84 bits per heavy atom. The van der Waals surface area contributed by atoms with E-state index in [4.69, 9.17) is 15.2 Å². The number of ether oxygens (including phenoxy) is 2. The van der Waals surface area contributed by atoms with Crippen LogP contribution < -0.4 is 20.5 Å². The second-order valence-electron chi connectivity index (χ2n) is 3.81. The summed E-state index contributed by atoms with van der Waals surface area (Å²) in [6, 6.07) is 5.45. The minimum atomic E-state index is -0.0637. The quantitative estimate of drug-likeness (QED) is 0.738. The molecule has 0 spiro atoms. The summed E-state index contributed by atoms with van der Waals surface area (Å²) in [4.78, 5) is 11.8. The third-order valence-corrected chi connectivity index (χ3v) is 2.57. The minimum absolute atomic E-state index is 0. The molecule has 0 radical (unpaired) electrons. The molecule has 108 valence electrons. The van der Waals surface area contributed by atoms with E-state index in [1.807, 2.05) is 18.2 Å². The molecular formula is C13H21ClN2O3. The number of amides is 1. The molecule has 19 heavy (non-hydrogen) atoms. The molecule has 0 bridgehead atoms. The Hall–Kier alpha value is -1.46. The molecule has 0 saturated carbocycles. The number of hydrogen-bond acceptors (Lipinski definition) is 4. The van der Waals surface area contributed by atoms with Crippen molar-refractivity contribution in [3.63, 3.8) is 0 Å². The van der Waals surface area contributed by atoms with E-state index in [1.165, 1.54) is 0 Å². The van der Waals surface area contributed by atoms with Gasteiger partial charge in [-0.1, -0.05) is 6.07 Å². The van der Waals surface area contributed by atoms with Crippen molar-refractivity contribution in [2.24, 2.45) is 5.73 Å². The predicted octanol–water partition coefficient (Wildman–Crippen LogP) is 1.13. The molecule has 0 aromatic heterocycles. The smallest absolute Gasteiger partial charge is 0.224 e. The summed E-state index contributed by atoms with van der Waals surface area (Å²) in [6.07, 6.45) is 1.01. The summed E-state index contributed by atoms with van der Waals surface area (Å²) >= 11 is 0. The molecular weight excluding hydrogens is 268 g/mol. The van der Waals surface area contributed by atoms with Crippen LogP contribution in [0.3, 0.4) is 0 Å². The van der Waals surface area contributed by atoms with Crippen molar-refractivity contribution in [3.05, 3.63) is 23.8 Å². The van der Waals surface area contributed by atoms with Crippen LogP contribution in [-0.4, -0.2) is 33.2 Å². The van der Waals surface area contributed by atoms with Gasteiger partial charge in [-0.2, -0.15) is 0 Å². The van der Waals surface area contributed by atoms with Crippen molar-refractivity contribution in [2.75, 3.05) is 27.3 Å². The van der Waals surface area contributed by atoms with Crippen LogP contribution in [0.5, 0.6) is 11.5 Å². The van der Waals surface area contributed by atoms with Crippen molar-refractivity contribution < 1.29 is 14.3 Å². The Kier molecular flexibility index (Phi) is 8.74. The highest BCUT2D eigenvalue weighted by Crippen LogP contribution is 2.28. The van der Waals surface area contributed by atoms with E-state index < -0.39 is 0 Å². The molecule has 3 N–H and O–H groups in total. The van der Waals surface area contributed by atoms with E-state index >= 15 is 0 Å². The van der Waals surface area contributed by atoms with Crippen LogP contribution in [0, 0.1) is 0 Å². The SMILES string of the molecule is COc1cccc(OC)c1CC(=O)NCCCN.Cl. The number of nitrogens with one attached hydrogen (secondary N) is 1. The minimum Gasteiger partial charge on any atom is -0.496 e. The Morgan fingerprint density at radius 3 is 2.32 bits per heavy atom. The Morgan fingerprint density at radius 1 is 1.26 bits per heavy atom. The molecule has 0 saturated heterocycles. The molecule has 1 aromatic carbocycles. The zero-order chi connectivity index (χ0) is 13.4. The van der Waals surface area contributed by atoms with Crippen LogP contribution in [0.2, 0.25) is 0 Å². The van der Waals surface area contributed by atoms with Gasteiger partial charge in [-0.05, 0) is 25.1 Å². The zero-order valence-corrected chi connectivity index (χ0v) is 12.1. The largest absolute Gasteiger partial charge is 0.496 e. The summed E-state index contributed by atoms with van der Waals surface area (Å²) < 4.78 is 10.5. The van der Waals surface area contributed by atoms with Crippen molar-refractivity contribution in [2.45, 2.75) is 12.8 Å². The van der Waals surface area contributed by atoms with Crippen molar-refractivity contribution in [3.8, 4) is 11.5 Å². The first-order chi connectivity index (χ1) is 8.72. The van der Waals surface area contributed by atoms with Crippen LogP contribution in [0.25, 0.3) is 0 Å². The highest BCUT2D eigenvalue weighted by molar-refractivity contribution is 5.85. The third-order valence-electron chi connectivity index (χ3n) is 2.57. The fraction of sp³-hybridized carbons (Fsp3) is 0.462. The molecule has 5 nitrogen and oxygen atoms in total. The molecule has 0 unspecified atom stereocenters. The number of carbonyl (C=O) groups excluding carboxylic acids is 1. The highest BCUT2D eigenvalue weighted by Gasteiger charge is 2.13. The molecule has 1 amide bonds. The Labute approximate surface area is 119 Å². The maximum atomic E-state index is 11.8. The zero-order valence-electron chi connectivity index (χ0n) is 11.3. The molecule has 0 aliphatic carbocycles. The van der Waals surface area contributed by atoms with E-state index in [0.29, 0.717) is 24.6 Å². The molecule has 0 atom stereocenters.